The van der Waals surface area contributed by atoms with Gasteiger partial charge in [0.2, 0.25) is 5.91 Å². The maximum Gasteiger partial charge on any atom is 0.226 e. The van der Waals surface area contributed by atoms with Gasteiger partial charge < -0.3 is 15.8 Å². The maximum atomic E-state index is 12.6. The van der Waals surface area contributed by atoms with Crippen LogP contribution in [0.15, 0.2) is 0 Å². The molecular formula is C14H27ClN2O2. The number of carbonyl (C=O) groups is 1. The van der Waals surface area contributed by atoms with Crippen LogP contribution < -0.4 is 11.1 Å². The Morgan fingerprint density at radius 1 is 1.42 bits per heavy atom. The van der Waals surface area contributed by atoms with E-state index >= 15 is 0 Å². The highest BCUT2D eigenvalue weighted by atomic mass is 35.5. The molecular weight excluding hydrogens is 264 g/mol. The molecule has 1 unspecified atom stereocenters. The van der Waals surface area contributed by atoms with Crippen LogP contribution >= 0.6 is 12.4 Å². The molecule has 0 aromatic heterocycles. The van der Waals surface area contributed by atoms with Crippen LogP contribution in [0.4, 0.5) is 0 Å². The first kappa shape index (κ1) is 16.7. The fourth-order valence-electron chi connectivity index (χ4n) is 3.13. The molecule has 0 heterocycles. The Morgan fingerprint density at radius 3 is 2.53 bits per heavy atom. The molecule has 5 heteroatoms. The van der Waals surface area contributed by atoms with Gasteiger partial charge in [0.25, 0.3) is 0 Å². The van der Waals surface area contributed by atoms with Gasteiger partial charge in [0.15, 0.2) is 0 Å². The van der Waals surface area contributed by atoms with E-state index in [4.69, 9.17) is 10.5 Å². The summed E-state index contributed by atoms with van der Waals surface area (Å²) in [5, 5.41) is 3.20. The van der Waals surface area contributed by atoms with E-state index in [0.29, 0.717) is 19.1 Å². The van der Waals surface area contributed by atoms with Gasteiger partial charge in [-0.15, -0.1) is 12.4 Å². The summed E-state index contributed by atoms with van der Waals surface area (Å²) in [4.78, 5) is 12.6. The highest BCUT2D eigenvalue weighted by molar-refractivity contribution is 5.85. The highest BCUT2D eigenvalue weighted by Crippen LogP contribution is 2.42. The predicted molar refractivity (Wildman–Crippen MR) is 78.4 cm³/mol. The molecule has 3 N–H and O–H groups in total. The van der Waals surface area contributed by atoms with Crippen molar-refractivity contribution in [2.24, 2.45) is 17.1 Å². The van der Waals surface area contributed by atoms with Crippen molar-refractivity contribution in [1.29, 1.82) is 0 Å². The third-order valence-electron chi connectivity index (χ3n) is 4.59. The van der Waals surface area contributed by atoms with Gasteiger partial charge in [0.05, 0.1) is 5.41 Å². The Bertz CT molecular complexity index is 289. The summed E-state index contributed by atoms with van der Waals surface area (Å²) in [5.41, 5.74) is 5.58. The Kier molecular flexibility index (Phi) is 6.57. The number of hydrogen-bond acceptors (Lipinski definition) is 3. The Morgan fingerprint density at radius 2 is 2.05 bits per heavy atom. The van der Waals surface area contributed by atoms with E-state index < -0.39 is 0 Å². The highest BCUT2D eigenvalue weighted by Gasteiger charge is 2.42. The lowest BCUT2D eigenvalue weighted by molar-refractivity contribution is -0.132. The van der Waals surface area contributed by atoms with Crippen molar-refractivity contribution in [3.05, 3.63) is 0 Å². The molecule has 0 saturated heterocycles. The minimum atomic E-state index is -0.182. The lowest BCUT2D eigenvalue weighted by Crippen LogP contribution is -2.48. The third kappa shape index (κ3) is 4.07. The van der Waals surface area contributed by atoms with Crippen molar-refractivity contribution in [2.75, 3.05) is 20.3 Å². The normalized spacial score (nSPS) is 22.6. The van der Waals surface area contributed by atoms with Crippen molar-refractivity contribution in [3.8, 4) is 0 Å². The Balaban J connectivity index is 0.00000180. The van der Waals surface area contributed by atoms with Crippen LogP contribution in [0.2, 0.25) is 0 Å². The molecule has 2 fully saturated rings. The summed E-state index contributed by atoms with van der Waals surface area (Å²) in [6, 6.07) is 0.192. The molecule has 1 atom stereocenters. The number of ether oxygens (including phenoxy) is 1. The number of nitrogens with two attached hydrogens (primary N) is 1. The van der Waals surface area contributed by atoms with Crippen LogP contribution in [-0.4, -0.2) is 32.2 Å². The standard InChI is InChI=1S/C14H26N2O2.ClH/c1-18-9-8-14(6-2-3-7-14)13(17)16-12(10-15)11-4-5-11;/h11-12H,2-10,15H2,1H3,(H,16,17);1H. The van der Waals surface area contributed by atoms with E-state index in [9.17, 15) is 4.79 Å². The Labute approximate surface area is 122 Å². The van der Waals surface area contributed by atoms with Crippen molar-refractivity contribution in [3.63, 3.8) is 0 Å². The molecule has 2 aliphatic carbocycles. The van der Waals surface area contributed by atoms with Crippen LogP contribution in [0, 0.1) is 11.3 Å². The van der Waals surface area contributed by atoms with Gasteiger partial charge in [-0.2, -0.15) is 0 Å². The molecule has 0 spiro atoms. The minimum Gasteiger partial charge on any atom is -0.385 e. The van der Waals surface area contributed by atoms with Crippen molar-refractivity contribution < 1.29 is 9.53 Å². The molecule has 2 rings (SSSR count). The second kappa shape index (κ2) is 7.46. The SMILES string of the molecule is COCCC1(C(=O)NC(CN)C2CC2)CCCC1.Cl. The van der Waals surface area contributed by atoms with Gasteiger partial charge in [0.1, 0.15) is 0 Å². The minimum absolute atomic E-state index is 0. The first-order valence-corrected chi connectivity index (χ1v) is 7.22. The summed E-state index contributed by atoms with van der Waals surface area (Å²) in [7, 11) is 1.70. The summed E-state index contributed by atoms with van der Waals surface area (Å²) < 4.78 is 5.17. The molecule has 0 aromatic rings. The van der Waals surface area contributed by atoms with Gasteiger partial charge in [-0.1, -0.05) is 12.8 Å². The summed E-state index contributed by atoms with van der Waals surface area (Å²) >= 11 is 0. The van der Waals surface area contributed by atoms with Gasteiger partial charge in [0, 0.05) is 26.3 Å². The summed E-state index contributed by atoms with van der Waals surface area (Å²) in [6.45, 7) is 1.24. The predicted octanol–water partition coefficient (Wildman–Crippen LogP) is 1.86. The van der Waals surface area contributed by atoms with E-state index in [1.54, 1.807) is 7.11 Å². The van der Waals surface area contributed by atoms with Crippen molar-refractivity contribution >= 4 is 18.3 Å². The molecule has 4 nitrogen and oxygen atoms in total. The number of rotatable bonds is 7. The van der Waals surface area contributed by atoms with E-state index in [1.165, 1.54) is 12.8 Å². The van der Waals surface area contributed by atoms with Crippen LogP contribution in [0.1, 0.15) is 44.9 Å². The van der Waals surface area contributed by atoms with Crippen molar-refractivity contribution in [1.82, 2.24) is 5.32 Å². The summed E-state index contributed by atoms with van der Waals surface area (Å²) in [6.07, 6.45) is 7.60. The number of carbonyl (C=O) groups excluding carboxylic acids is 1. The smallest absolute Gasteiger partial charge is 0.226 e. The van der Waals surface area contributed by atoms with E-state index in [0.717, 1.165) is 32.1 Å². The molecule has 19 heavy (non-hydrogen) atoms. The zero-order valence-electron chi connectivity index (χ0n) is 11.8. The molecule has 1 amide bonds. The van der Waals surface area contributed by atoms with Crippen LogP contribution in [0.5, 0.6) is 0 Å². The number of amides is 1. The average Bonchev–Trinajstić information content (AvgIpc) is 3.11. The Hall–Kier alpha value is -0.320. The molecule has 0 aromatic carbocycles. The van der Waals surface area contributed by atoms with Gasteiger partial charge in [-0.05, 0) is 38.0 Å². The molecule has 2 saturated carbocycles. The second-order valence-electron chi connectivity index (χ2n) is 5.88. The quantitative estimate of drug-likeness (QED) is 0.752. The number of nitrogens with one attached hydrogen (secondary N) is 1. The molecule has 2 aliphatic rings. The fraction of sp³-hybridized carbons (Fsp3) is 0.929. The zero-order valence-corrected chi connectivity index (χ0v) is 12.6. The number of methoxy groups -OCH3 is 1. The average molecular weight is 291 g/mol. The van der Waals surface area contributed by atoms with Gasteiger partial charge in [-0.3, -0.25) is 4.79 Å². The van der Waals surface area contributed by atoms with Gasteiger partial charge >= 0.3 is 0 Å². The lowest BCUT2D eigenvalue weighted by atomic mass is 9.81. The molecule has 0 bridgehead atoms. The topological polar surface area (TPSA) is 64.3 Å². The second-order valence-corrected chi connectivity index (χ2v) is 5.88. The maximum absolute atomic E-state index is 12.6. The molecule has 112 valence electrons. The fourth-order valence-corrected chi connectivity index (χ4v) is 3.13. The van der Waals surface area contributed by atoms with Crippen LogP contribution in [0.3, 0.4) is 0 Å². The van der Waals surface area contributed by atoms with Crippen LogP contribution in [0.25, 0.3) is 0 Å². The summed E-state index contributed by atoms with van der Waals surface area (Å²) in [5.74, 6) is 0.847. The molecule has 0 aliphatic heterocycles. The van der Waals surface area contributed by atoms with Gasteiger partial charge in [-0.25, -0.2) is 0 Å². The third-order valence-corrected chi connectivity index (χ3v) is 4.59. The monoisotopic (exact) mass is 290 g/mol. The van der Waals surface area contributed by atoms with Crippen molar-refractivity contribution in [2.45, 2.75) is 51.0 Å². The van der Waals surface area contributed by atoms with E-state index in [1.807, 2.05) is 0 Å². The molecule has 0 radical (unpaired) electrons. The van der Waals surface area contributed by atoms with Crippen LogP contribution in [-0.2, 0) is 9.53 Å². The first-order valence-electron chi connectivity index (χ1n) is 7.22. The lowest BCUT2D eigenvalue weighted by Gasteiger charge is -2.30. The zero-order chi connectivity index (χ0) is 13.0. The first-order chi connectivity index (χ1) is 8.72. The number of halogens is 1. The largest absolute Gasteiger partial charge is 0.385 e. The van der Waals surface area contributed by atoms with E-state index in [-0.39, 0.29) is 29.8 Å². The number of hydrogen-bond donors (Lipinski definition) is 2. The van der Waals surface area contributed by atoms with E-state index in [2.05, 4.69) is 5.32 Å².